The Kier molecular flexibility index (Phi) is 4.10. The molecule has 0 spiro atoms. The first-order valence-electron chi connectivity index (χ1n) is 6.81. The van der Waals surface area contributed by atoms with Gasteiger partial charge in [0, 0.05) is 20.3 Å². The van der Waals surface area contributed by atoms with E-state index in [0.717, 1.165) is 32.7 Å². The van der Waals surface area contributed by atoms with E-state index in [1.807, 2.05) is 48.5 Å². The van der Waals surface area contributed by atoms with Crippen molar-refractivity contribution in [3.8, 4) is 6.07 Å². The number of benzene rings is 2. The van der Waals surface area contributed by atoms with Crippen LogP contribution < -0.4 is 5.32 Å². The van der Waals surface area contributed by atoms with Crippen LogP contribution in [0.5, 0.6) is 0 Å². The van der Waals surface area contributed by atoms with Crippen molar-refractivity contribution in [3.05, 3.63) is 62.7 Å². The van der Waals surface area contributed by atoms with Gasteiger partial charge in [0.25, 0.3) is 0 Å². The van der Waals surface area contributed by atoms with Gasteiger partial charge in [-0.1, -0.05) is 41.9 Å². The first kappa shape index (κ1) is 14.7. The van der Waals surface area contributed by atoms with E-state index in [-0.39, 0.29) is 5.41 Å². The topological polar surface area (TPSA) is 35.8 Å². The summed E-state index contributed by atoms with van der Waals surface area (Å²) < 4.78 is 1.11. The Morgan fingerprint density at radius 3 is 2.52 bits per heavy atom. The van der Waals surface area contributed by atoms with Crippen molar-refractivity contribution < 1.29 is 0 Å². The molecule has 1 aliphatic carbocycles. The molecule has 0 heterocycles. The largest absolute Gasteiger partial charge is 0.381 e. The smallest absolute Gasteiger partial charge is 0.0861 e. The third-order valence-electron chi connectivity index (χ3n) is 4.02. The van der Waals surface area contributed by atoms with E-state index in [9.17, 15) is 5.26 Å². The van der Waals surface area contributed by atoms with Crippen LogP contribution in [0.25, 0.3) is 0 Å². The van der Waals surface area contributed by atoms with Crippen LogP contribution in [0, 0.1) is 14.9 Å². The van der Waals surface area contributed by atoms with E-state index < -0.39 is 0 Å². The molecule has 3 rings (SSSR count). The number of nitrogens with one attached hydrogen (secondary N) is 1. The molecule has 1 saturated carbocycles. The van der Waals surface area contributed by atoms with Gasteiger partial charge in [0.05, 0.1) is 11.5 Å². The summed E-state index contributed by atoms with van der Waals surface area (Å²) in [7, 11) is 0. The lowest BCUT2D eigenvalue weighted by molar-refractivity contribution is 0.289. The summed E-state index contributed by atoms with van der Waals surface area (Å²) in [6.07, 6.45) is 1.68. The molecule has 1 N–H and O–H groups in total. The summed E-state index contributed by atoms with van der Waals surface area (Å²) in [5, 5.41) is 13.8. The van der Waals surface area contributed by atoms with Gasteiger partial charge >= 0.3 is 0 Å². The van der Waals surface area contributed by atoms with E-state index in [0.29, 0.717) is 6.04 Å². The van der Waals surface area contributed by atoms with Crippen molar-refractivity contribution >= 4 is 39.9 Å². The molecule has 0 bridgehead atoms. The average Bonchev–Trinajstić information content (AvgIpc) is 2.45. The van der Waals surface area contributed by atoms with Crippen molar-refractivity contribution in [3.63, 3.8) is 0 Å². The van der Waals surface area contributed by atoms with E-state index in [2.05, 4.69) is 34.0 Å². The summed E-state index contributed by atoms with van der Waals surface area (Å²) in [5.74, 6) is 0. The highest BCUT2D eigenvalue weighted by Crippen LogP contribution is 2.44. The predicted octanol–water partition coefficient (Wildman–Crippen LogP) is 4.98. The minimum absolute atomic E-state index is 0.333. The maximum Gasteiger partial charge on any atom is 0.0861 e. The fourth-order valence-corrected chi connectivity index (χ4v) is 3.89. The summed E-state index contributed by atoms with van der Waals surface area (Å²) in [4.78, 5) is 0. The van der Waals surface area contributed by atoms with Crippen molar-refractivity contribution in [2.24, 2.45) is 0 Å². The SMILES string of the molecule is N#CC1(c2ccccc2)CC(Nc2ccc(Cl)cc2I)C1. The van der Waals surface area contributed by atoms with Gasteiger partial charge in [-0.25, -0.2) is 0 Å². The van der Waals surface area contributed by atoms with Crippen LogP contribution in [0.4, 0.5) is 5.69 Å². The van der Waals surface area contributed by atoms with Crippen molar-refractivity contribution in [1.29, 1.82) is 5.26 Å². The molecule has 2 aromatic carbocycles. The number of nitrogens with zero attached hydrogens (tertiary/aromatic N) is 1. The minimum Gasteiger partial charge on any atom is -0.381 e. The van der Waals surface area contributed by atoms with Gasteiger partial charge in [0.15, 0.2) is 0 Å². The van der Waals surface area contributed by atoms with E-state index >= 15 is 0 Å². The van der Waals surface area contributed by atoms with Crippen LogP contribution in [0.1, 0.15) is 18.4 Å². The minimum atomic E-state index is -0.337. The fourth-order valence-electron chi connectivity index (χ4n) is 2.86. The molecule has 0 radical (unpaired) electrons. The van der Waals surface area contributed by atoms with Crippen LogP contribution >= 0.6 is 34.2 Å². The second-order valence-electron chi connectivity index (χ2n) is 5.43. The summed E-state index contributed by atoms with van der Waals surface area (Å²) in [5.41, 5.74) is 1.87. The Balaban J connectivity index is 1.71. The molecule has 2 aromatic rings. The molecule has 0 aliphatic heterocycles. The van der Waals surface area contributed by atoms with E-state index in [4.69, 9.17) is 11.6 Å². The van der Waals surface area contributed by atoms with Crippen LogP contribution in [-0.4, -0.2) is 6.04 Å². The average molecular weight is 409 g/mol. The van der Waals surface area contributed by atoms with Crippen LogP contribution in [0.2, 0.25) is 5.02 Å². The van der Waals surface area contributed by atoms with E-state index in [1.165, 1.54) is 0 Å². The monoisotopic (exact) mass is 408 g/mol. The number of hydrogen-bond acceptors (Lipinski definition) is 2. The number of rotatable bonds is 3. The Hall–Kier alpha value is -1.25. The second kappa shape index (κ2) is 5.86. The predicted molar refractivity (Wildman–Crippen MR) is 94.5 cm³/mol. The van der Waals surface area contributed by atoms with Gasteiger partial charge in [0.1, 0.15) is 0 Å². The van der Waals surface area contributed by atoms with Crippen LogP contribution in [-0.2, 0) is 5.41 Å². The standard InChI is InChI=1S/C17H14ClIN2/c18-13-6-7-16(15(19)8-13)21-14-9-17(10-14,11-20)12-4-2-1-3-5-12/h1-8,14,21H,9-10H2. The maximum absolute atomic E-state index is 9.57. The van der Waals surface area contributed by atoms with Gasteiger partial charge in [0.2, 0.25) is 0 Å². The third-order valence-corrected chi connectivity index (χ3v) is 5.15. The maximum atomic E-state index is 9.57. The Morgan fingerprint density at radius 2 is 1.90 bits per heavy atom. The molecular formula is C17H14ClIN2. The lowest BCUT2D eigenvalue weighted by Crippen LogP contribution is -2.47. The molecule has 106 valence electrons. The summed E-state index contributed by atoms with van der Waals surface area (Å²) >= 11 is 8.25. The normalized spacial score (nSPS) is 24.0. The fraction of sp³-hybridized carbons (Fsp3) is 0.235. The number of anilines is 1. The molecule has 2 nitrogen and oxygen atoms in total. The molecule has 1 fully saturated rings. The van der Waals surface area contributed by atoms with Gasteiger partial charge in [-0.2, -0.15) is 5.26 Å². The highest BCUT2D eigenvalue weighted by Gasteiger charge is 2.46. The molecule has 0 unspecified atom stereocenters. The van der Waals surface area contributed by atoms with Crippen molar-refractivity contribution in [2.75, 3.05) is 5.32 Å². The summed E-state index contributed by atoms with van der Waals surface area (Å²) in [6, 6.07) is 18.7. The lowest BCUT2D eigenvalue weighted by atomic mass is 9.62. The van der Waals surface area contributed by atoms with Gasteiger partial charge in [-0.05, 0) is 59.2 Å². The molecule has 0 amide bonds. The number of hydrogen-bond donors (Lipinski definition) is 1. The Bertz CT molecular complexity index is 688. The molecule has 4 heteroatoms. The lowest BCUT2D eigenvalue weighted by Gasteiger charge is -2.43. The quantitative estimate of drug-likeness (QED) is 0.727. The molecule has 0 atom stereocenters. The zero-order valence-electron chi connectivity index (χ0n) is 11.3. The number of nitriles is 1. The highest BCUT2D eigenvalue weighted by molar-refractivity contribution is 14.1. The second-order valence-corrected chi connectivity index (χ2v) is 7.03. The third kappa shape index (κ3) is 2.88. The van der Waals surface area contributed by atoms with Gasteiger partial charge < -0.3 is 5.32 Å². The van der Waals surface area contributed by atoms with E-state index in [1.54, 1.807) is 0 Å². The van der Waals surface area contributed by atoms with Gasteiger partial charge in [-0.15, -0.1) is 0 Å². The molecule has 0 saturated heterocycles. The Labute approximate surface area is 143 Å². The number of halogens is 2. The highest BCUT2D eigenvalue weighted by atomic mass is 127. The van der Waals surface area contributed by atoms with Crippen molar-refractivity contribution in [2.45, 2.75) is 24.3 Å². The molecular weight excluding hydrogens is 395 g/mol. The van der Waals surface area contributed by atoms with Gasteiger partial charge in [-0.3, -0.25) is 0 Å². The van der Waals surface area contributed by atoms with Crippen LogP contribution in [0.3, 0.4) is 0 Å². The first-order valence-corrected chi connectivity index (χ1v) is 8.27. The van der Waals surface area contributed by atoms with Crippen molar-refractivity contribution in [1.82, 2.24) is 0 Å². The molecule has 1 aliphatic rings. The molecule has 21 heavy (non-hydrogen) atoms. The molecule has 0 aromatic heterocycles. The zero-order valence-corrected chi connectivity index (χ0v) is 14.2. The zero-order chi connectivity index (χ0) is 14.9. The van der Waals surface area contributed by atoms with Crippen LogP contribution in [0.15, 0.2) is 48.5 Å². The first-order chi connectivity index (χ1) is 10.1. The summed E-state index contributed by atoms with van der Waals surface area (Å²) in [6.45, 7) is 0. The Morgan fingerprint density at radius 1 is 1.19 bits per heavy atom.